The Hall–Kier alpha value is -0.840. The van der Waals surface area contributed by atoms with Crippen molar-refractivity contribution in [1.29, 1.82) is 0 Å². The van der Waals surface area contributed by atoms with E-state index in [0.29, 0.717) is 12.3 Å². The summed E-state index contributed by atoms with van der Waals surface area (Å²) in [5.74, 6) is 0.665. The molecule has 0 saturated carbocycles. The van der Waals surface area contributed by atoms with Crippen LogP contribution in [-0.2, 0) is 0 Å². The van der Waals surface area contributed by atoms with Crippen molar-refractivity contribution in [2.24, 2.45) is 0 Å². The van der Waals surface area contributed by atoms with Gasteiger partial charge in [-0.2, -0.15) is 0 Å². The van der Waals surface area contributed by atoms with Gasteiger partial charge in [0.15, 0.2) is 0 Å². The molecular weight excluding hydrogens is 204 g/mol. The molecule has 0 aliphatic carbocycles. The first kappa shape index (κ1) is 11.6. The van der Waals surface area contributed by atoms with Gasteiger partial charge in [0.05, 0.1) is 6.26 Å². The number of nitrogens with zero attached hydrogens (tertiary/aromatic N) is 2. The summed E-state index contributed by atoms with van der Waals surface area (Å²) in [7, 11) is 0. The summed E-state index contributed by atoms with van der Waals surface area (Å²) in [6.45, 7) is 8.24. The van der Waals surface area contributed by atoms with Gasteiger partial charge in [0, 0.05) is 32.7 Å². The molecule has 1 aromatic heterocycles. The second-order valence-electron chi connectivity index (χ2n) is 4.27. The first-order chi connectivity index (χ1) is 7.79. The molecule has 1 aliphatic rings. The monoisotopic (exact) mass is 224 g/mol. The van der Waals surface area contributed by atoms with Gasteiger partial charge in [0.1, 0.15) is 11.9 Å². The van der Waals surface area contributed by atoms with Gasteiger partial charge in [-0.15, -0.1) is 0 Å². The van der Waals surface area contributed by atoms with Gasteiger partial charge in [-0.05, 0) is 18.7 Å². The third-order valence-corrected chi connectivity index (χ3v) is 3.21. The van der Waals surface area contributed by atoms with Gasteiger partial charge in [0.2, 0.25) is 0 Å². The minimum absolute atomic E-state index is 0.497. The molecule has 2 rings (SSSR count). The van der Waals surface area contributed by atoms with Gasteiger partial charge in [-0.1, -0.05) is 6.92 Å². The number of piperazine rings is 1. The van der Waals surface area contributed by atoms with E-state index in [2.05, 4.69) is 16.7 Å². The Morgan fingerprint density at radius 2 is 2.00 bits per heavy atom. The lowest BCUT2D eigenvalue weighted by atomic mass is 10.2. The maximum Gasteiger partial charge on any atom is 0.133 e. The maximum absolute atomic E-state index is 9.94. The average Bonchev–Trinajstić information content (AvgIpc) is 2.83. The third-order valence-electron chi connectivity index (χ3n) is 3.21. The van der Waals surface area contributed by atoms with E-state index in [1.54, 1.807) is 6.26 Å². The van der Waals surface area contributed by atoms with Crippen molar-refractivity contribution < 1.29 is 9.52 Å². The van der Waals surface area contributed by atoms with E-state index in [0.717, 1.165) is 32.7 Å². The topological polar surface area (TPSA) is 39.9 Å². The minimum atomic E-state index is -0.497. The lowest BCUT2D eigenvalue weighted by molar-refractivity contribution is 0.0633. The predicted molar refractivity (Wildman–Crippen MR) is 62.2 cm³/mol. The Labute approximate surface area is 96.5 Å². The summed E-state index contributed by atoms with van der Waals surface area (Å²) in [5, 5.41) is 9.94. The van der Waals surface area contributed by atoms with Crippen molar-refractivity contribution in [2.75, 3.05) is 39.3 Å². The zero-order chi connectivity index (χ0) is 11.4. The molecule has 1 atom stereocenters. The van der Waals surface area contributed by atoms with E-state index in [1.165, 1.54) is 0 Å². The predicted octanol–water partition coefficient (Wildman–Crippen LogP) is 0.950. The Kier molecular flexibility index (Phi) is 3.98. The number of hydrogen-bond donors (Lipinski definition) is 1. The Bertz CT molecular complexity index is 292. The van der Waals surface area contributed by atoms with Crippen LogP contribution >= 0.6 is 0 Å². The zero-order valence-corrected chi connectivity index (χ0v) is 9.80. The molecule has 4 nitrogen and oxygen atoms in total. The number of rotatable bonds is 4. The molecule has 2 heterocycles. The summed E-state index contributed by atoms with van der Waals surface area (Å²) in [5.41, 5.74) is 0. The lowest BCUT2D eigenvalue weighted by Crippen LogP contribution is -2.47. The van der Waals surface area contributed by atoms with Crippen LogP contribution in [0, 0.1) is 0 Å². The molecule has 1 aromatic rings. The van der Waals surface area contributed by atoms with E-state index < -0.39 is 6.10 Å². The highest BCUT2D eigenvalue weighted by molar-refractivity contribution is 5.02. The molecule has 0 bridgehead atoms. The van der Waals surface area contributed by atoms with E-state index >= 15 is 0 Å². The number of β-amino-alcohol motifs (C(OH)–C–C–N with tert-alkyl or cyclic N) is 1. The van der Waals surface area contributed by atoms with Crippen LogP contribution in [0.1, 0.15) is 18.8 Å². The molecular formula is C12H20N2O2. The van der Waals surface area contributed by atoms with Crippen LogP contribution in [0.25, 0.3) is 0 Å². The number of furan rings is 1. The summed E-state index contributed by atoms with van der Waals surface area (Å²) in [6.07, 6.45) is 1.11. The summed E-state index contributed by atoms with van der Waals surface area (Å²) < 4.78 is 5.19. The molecule has 16 heavy (non-hydrogen) atoms. The van der Waals surface area contributed by atoms with E-state index in [1.807, 2.05) is 12.1 Å². The zero-order valence-electron chi connectivity index (χ0n) is 9.80. The summed E-state index contributed by atoms with van der Waals surface area (Å²) >= 11 is 0. The standard InChI is InChI=1S/C12H20N2O2/c1-2-13-5-7-14(8-6-13)10-11(15)12-4-3-9-16-12/h3-4,9,11,15H,2,5-8,10H2,1H3. The smallest absolute Gasteiger partial charge is 0.133 e. The Morgan fingerprint density at radius 1 is 1.31 bits per heavy atom. The lowest BCUT2D eigenvalue weighted by Gasteiger charge is -2.34. The van der Waals surface area contributed by atoms with Crippen molar-refractivity contribution in [3.63, 3.8) is 0 Å². The number of aliphatic hydroxyl groups is 1. The summed E-state index contributed by atoms with van der Waals surface area (Å²) in [4.78, 5) is 4.72. The van der Waals surface area contributed by atoms with Crippen LogP contribution in [0.3, 0.4) is 0 Å². The molecule has 4 heteroatoms. The first-order valence-electron chi connectivity index (χ1n) is 5.95. The molecule has 90 valence electrons. The van der Waals surface area contributed by atoms with E-state index in [4.69, 9.17) is 4.42 Å². The van der Waals surface area contributed by atoms with Gasteiger partial charge < -0.3 is 14.4 Å². The highest BCUT2D eigenvalue weighted by Crippen LogP contribution is 2.15. The molecule has 0 aromatic carbocycles. The number of likely N-dealkylation sites (N-methyl/N-ethyl adjacent to an activating group) is 1. The normalized spacial score (nSPS) is 21.1. The Balaban J connectivity index is 1.78. The number of aliphatic hydroxyl groups excluding tert-OH is 1. The van der Waals surface area contributed by atoms with Gasteiger partial charge in [-0.25, -0.2) is 0 Å². The quantitative estimate of drug-likeness (QED) is 0.826. The molecule has 1 N–H and O–H groups in total. The first-order valence-corrected chi connectivity index (χ1v) is 5.95. The second-order valence-corrected chi connectivity index (χ2v) is 4.27. The fourth-order valence-corrected chi connectivity index (χ4v) is 2.10. The summed E-state index contributed by atoms with van der Waals surface area (Å²) in [6, 6.07) is 3.64. The van der Waals surface area contributed by atoms with Gasteiger partial charge in [0.25, 0.3) is 0 Å². The van der Waals surface area contributed by atoms with Crippen LogP contribution < -0.4 is 0 Å². The minimum Gasteiger partial charge on any atom is -0.467 e. The fraction of sp³-hybridized carbons (Fsp3) is 0.667. The van der Waals surface area contributed by atoms with Crippen molar-refractivity contribution in [2.45, 2.75) is 13.0 Å². The second kappa shape index (κ2) is 5.48. The van der Waals surface area contributed by atoms with E-state index in [9.17, 15) is 5.11 Å². The fourth-order valence-electron chi connectivity index (χ4n) is 2.10. The maximum atomic E-state index is 9.94. The van der Waals surface area contributed by atoms with E-state index in [-0.39, 0.29) is 0 Å². The highest BCUT2D eigenvalue weighted by Gasteiger charge is 2.19. The molecule has 0 spiro atoms. The highest BCUT2D eigenvalue weighted by atomic mass is 16.4. The molecule has 1 saturated heterocycles. The van der Waals surface area contributed by atoms with Gasteiger partial charge in [-0.3, -0.25) is 4.90 Å². The van der Waals surface area contributed by atoms with Crippen LogP contribution in [0.2, 0.25) is 0 Å². The van der Waals surface area contributed by atoms with Crippen LogP contribution in [0.5, 0.6) is 0 Å². The van der Waals surface area contributed by atoms with Crippen LogP contribution in [0.15, 0.2) is 22.8 Å². The molecule has 0 radical (unpaired) electrons. The molecule has 1 aliphatic heterocycles. The average molecular weight is 224 g/mol. The molecule has 1 fully saturated rings. The largest absolute Gasteiger partial charge is 0.467 e. The van der Waals surface area contributed by atoms with Gasteiger partial charge >= 0.3 is 0 Å². The third kappa shape index (κ3) is 2.84. The number of hydrogen-bond acceptors (Lipinski definition) is 4. The SMILES string of the molecule is CCN1CCN(CC(O)c2ccco2)CC1. The van der Waals surface area contributed by atoms with Crippen molar-refractivity contribution in [3.8, 4) is 0 Å². The van der Waals surface area contributed by atoms with Crippen LogP contribution in [0.4, 0.5) is 0 Å². The van der Waals surface area contributed by atoms with Crippen molar-refractivity contribution in [3.05, 3.63) is 24.2 Å². The molecule has 1 unspecified atom stereocenters. The van der Waals surface area contributed by atoms with Crippen LogP contribution in [-0.4, -0.2) is 54.2 Å². The Morgan fingerprint density at radius 3 is 2.56 bits per heavy atom. The van der Waals surface area contributed by atoms with Crippen molar-refractivity contribution >= 4 is 0 Å². The van der Waals surface area contributed by atoms with Crippen molar-refractivity contribution in [1.82, 2.24) is 9.80 Å². The molecule has 0 amide bonds.